The van der Waals surface area contributed by atoms with Crippen molar-refractivity contribution in [3.05, 3.63) is 41.1 Å². The molecule has 1 unspecified atom stereocenters. The summed E-state index contributed by atoms with van der Waals surface area (Å²) in [6.07, 6.45) is 2.45. The van der Waals surface area contributed by atoms with Crippen molar-refractivity contribution in [2.75, 3.05) is 0 Å². The van der Waals surface area contributed by atoms with Gasteiger partial charge in [0.1, 0.15) is 5.69 Å². The largest absolute Gasteiger partial charge is 0.349 e. The van der Waals surface area contributed by atoms with Gasteiger partial charge >= 0.3 is 11.8 Å². The third-order valence-corrected chi connectivity index (χ3v) is 8.77. The van der Waals surface area contributed by atoms with Gasteiger partial charge in [0.05, 0.1) is 30.2 Å². The highest BCUT2D eigenvalue weighted by Gasteiger charge is 2.71. The van der Waals surface area contributed by atoms with Crippen LogP contribution in [0.2, 0.25) is 0 Å². The third kappa shape index (κ3) is 5.67. The van der Waals surface area contributed by atoms with E-state index in [-0.39, 0.29) is 48.9 Å². The zero-order chi connectivity index (χ0) is 30.7. The summed E-state index contributed by atoms with van der Waals surface area (Å²) in [4.78, 5) is 30.3. The summed E-state index contributed by atoms with van der Waals surface area (Å²) >= 11 is 0. The maximum Gasteiger partial charge on any atom is 0.313 e. The number of carbonyl (C=O) groups is 2. The van der Waals surface area contributed by atoms with E-state index in [1.165, 1.54) is 10.7 Å². The molecule has 0 bridgehead atoms. The van der Waals surface area contributed by atoms with Crippen molar-refractivity contribution in [3.8, 4) is 0 Å². The van der Waals surface area contributed by atoms with Crippen LogP contribution in [0.1, 0.15) is 90.9 Å². The second kappa shape index (κ2) is 10.5. The van der Waals surface area contributed by atoms with Gasteiger partial charge in [0.25, 0.3) is 5.91 Å². The van der Waals surface area contributed by atoms with Gasteiger partial charge in [-0.3, -0.25) is 9.59 Å². The highest BCUT2D eigenvalue weighted by atomic mass is 19.3. The van der Waals surface area contributed by atoms with Gasteiger partial charge < -0.3 is 10.6 Å². The van der Waals surface area contributed by atoms with Crippen LogP contribution in [-0.4, -0.2) is 54.5 Å². The van der Waals surface area contributed by atoms with Gasteiger partial charge in [-0.05, 0) is 61.2 Å². The number of halogens is 6. The molecule has 3 fully saturated rings. The molecule has 0 radical (unpaired) electrons. The number of alkyl halides is 6. The van der Waals surface area contributed by atoms with Crippen LogP contribution in [0.15, 0.2) is 23.1 Å². The molecule has 2 amide bonds. The van der Waals surface area contributed by atoms with E-state index in [4.69, 9.17) is 0 Å². The van der Waals surface area contributed by atoms with E-state index in [1.807, 2.05) is 0 Å². The van der Waals surface area contributed by atoms with Crippen molar-refractivity contribution in [3.63, 3.8) is 0 Å². The quantitative estimate of drug-likeness (QED) is 0.327. The molecule has 16 heteroatoms. The van der Waals surface area contributed by atoms with Crippen molar-refractivity contribution in [2.24, 2.45) is 17.8 Å². The first-order chi connectivity index (χ1) is 20.2. The molecule has 10 nitrogen and oxygen atoms in total. The van der Waals surface area contributed by atoms with Gasteiger partial charge in [-0.15, -0.1) is 0 Å². The van der Waals surface area contributed by atoms with Crippen LogP contribution in [0, 0.1) is 24.7 Å². The van der Waals surface area contributed by atoms with Gasteiger partial charge in [-0.25, -0.2) is 22.9 Å². The molecule has 3 atom stereocenters. The van der Waals surface area contributed by atoms with Crippen molar-refractivity contribution < 1.29 is 40.6 Å². The first-order valence-corrected chi connectivity index (χ1v) is 14.1. The number of fused-ring (bicyclic) bond motifs is 1. The molecule has 232 valence electrons. The monoisotopic (exact) mass is 613 g/mol. The third-order valence-electron chi connectivity index (χ3n) is 8.77. The fraction of sp³-hybridized carbons (Fsp3) is 0.630. The molecule has 3 aliphatic rings. The van der Waals surface area contributed by atoms with Crippen LogP contribution in [0.4, 0.5) is 26.3 Å². The number of nitrogens with zero attached hydrogens (tertiary/aromatic N) is 5. The molecule has 3 aliphatic carbocycles. The van der Waals surface area contributed by atoms with Gasteiger partial charge in [0, 0.05) is 31.6 Å². The smallest absolute Gasteiger partial charge is 0.313 e. The van der Waals surface area contributed by atoms with E-state index in [0.717, 1.165) is 12.8 Å². The van der Waals surface area contributed by atoms with E-state index in [2.05, 4.69) is 35.7 Å². The van der Waals surface area contributed by atoms with Crippen molar-refractivity contribution in [1.82, 2.24) is 35.5 Å². The zero-order valence-electron chi connectivity index (χ0n) is 23.0. The molecule has 3 heterocycles. The summed E-state index contributed by atoms with van der Waals surface area (Å²) in [6.45, 7) is 1.54. The second-order valence-corrected chi connectivity index (χ2v) is 11.9. The summed E-state index contributed by atoms with van der Waals surface area (Å²) in [5.74, 6) is -14.6. The minimum absolute atomic E-state index is 0.0150. The Balaban J connectivity index is 1.23. The lowest BCUT2D eigenvalue weighted by atomic mass is 9.74. The Labute approximate surface area is 240 Å². The lowest BCUT2D eigenvalue weighted by molar-refractivity contribution is -0.313. The number of nitrogens with one attached hydrogen (secondary N) is 2. The molecule has 43 heavy (non-hydrogen) atoms. The molecule has 3 aromatic rings. The van der Waals surface area contributed by atoms with Crippen LogP contribution in [0.3, 0.4) is 0 Å². The maximum atomic E-state index is 13.9. The molecule has 0 aliphatic heterocycles. The van der Waals surface area contributed by atoms with Crippen molar-refractivity contribution >= 4 is 17.5 Å². The van der Waals surface area contributed by atoms with E-state index in [0.29, 0.717) is 16.9 Å². The second-order valence-electron chi connectivity index (χ2n) is 11.9. The van der Waals surface area contributed by atoms with Crippen LogP contribution in [0.5, 0.6) is 0 Å². The van der Waals surface area contributed by atoms with E-state index in [9.17, 15) is 35.9 Å². The van der Waals surface area contributed by atoms with E-state index < -0.39 is 60.4 Å². The Morgan fingerprint density at radius 3 is 2.33 bits per heavy atom. The van der Waals surface area contributed by atoms with Gasteiger partial charge in [0.2, 0.25) is 11.8 Å². The van der Waals surface area contributed by atoms with Gasteiger partial charge in [-0.1, -0.05) is 5.16 Å². The molecule has 0 saturated heterocycles. The number of rotatable bonds is 9. The summed E-state index contributed by atoms with van der Waals surface area (Å²) < 4.78 is 87.9. The van der Waals surface area contributed by atoms with Crippen LogP contribution in [0.25, 0.3) is 5.65 Å². The maximum absolute atomic E-state index is 13.9. The van der Waals surface area contributed by atoms with Crippen LogP contribution >= 0.6 is 0 Å². The SMILES string of the molecule is Cc1nonc1C(=O)N[C@H](c1cn2ncc(C(NC(=O)C[C@@H]3CC(F)(F)C3(F)F)C3CC3)cc2n1)C1CCC(F)(F)CC1. The number of amides is 2. The lowest BCUT2D eigenvalue weighted by Crippen LogP contribution is -2.59. The lowest BCUT2D eigenvalue weighted by Gasteiger charge is -2.43. The Bertz CT molecular complexity index is 1530. The predicted octanol–water partition coefficient (Wildman–Crippen LogP) is 4.97. The molecular weight excluding hydrogens is 584 g/mol. The molecule has 6 rings (SSSR count). The highest BCUT2D eigenvalue weighted by molar-refractivity contribution is 5.93. The Hall–Kier alpha value is -3.72. The highest BCUT2D eigenvalue weighted by Crippen LogP contribution is 2.56. The molecular formula is C27H29F6N7O3. The van der Waals surface area contributed by atoms with Gasteiger partial charge in [0.15, 0.2) is 11.3 Å². The minimum atomic E-state index is -4.23. The molecule has 3 aromatic heterocycles. The fourth-order valence-corrected chi connectivity index (χ4v) is 6.01. The summed E-state index contributed by atoms with van der Waals surface area (Å²) in [5.41, 5.74) is 1.49. The first kappa shape index (κ1) is 29.4. The van der Waals surface area contributed by atoms with E-state index in [1.54, 1.807) is 19.2 Å². The van der Waals surface area contributed by atoms with Crippen LogP contribution in [-0.2, 0) is 4.79 Å². The Morgan fingerprint density at radius 1 is 1.02 bits per heavy atom. The van der Waals surface area contributed by atoms with Gasteiger partial charge in [-0.2, -0.15) is 22.7 Å². The number of imidazole rings is 1. The topological polar surface area (TPSA) is 127 Å². The Kier molecular flexibility index (Phi) is 7.15. The van der Waals surface area contributed by atoms with Crippen molar-refractivity contribution in [1.29, 1.82) is 0 Å². The standard InChI is InChI=1S/C27H29F6N7O3/c1-13-21(39-43-38-13)24(42)37-23(15-4-6-25(28,29)7-5-15)18-12-40-19(35-18)8-16(11-34-40)22(14-2-3-14)36-20(41)9-17-10-26(30,31)27(17,32)33/h8,11-12,14-15,17,22-23H,2-7,9-10H2,1H3,(H,36,41)(H,37,42)/t17-,22?,23+/m1/s1. The van der Waals surface area contributed by atoms with E-state index >= 15 is 0 Å². The number of aromatic nitrogens is 5. The number of aryl methyl sites for hydroxylation is 1. The first-order valence-electron chi connectivity index (χ1n) is 14.1. The zero-order valence-corrected chi connectivity index (χ0v) is 23.0. The summed E-state index contributed by atoms with van der Waals surface area (Å²) in [5, 5.41) is 17.2. The Morgan fingerprint density at radius 2 is 1.72 bits per heavy atom. The predicted molar refractivity (Wildman–Crippen MR) is 135 cm³/mol. The average Bonchev–Trinajstić information content (AvgIpc) is 3.55. The number of hydrogen-bond donors (Lipinski definition) is 2. The summed E-state index contributed by atoms with van der Waals surface area (Å²) in [7, 11) is 0. The number of hydrogen-bond acceptors (Lipinski definition) is 7. The molecule has 2 N–H and O–H groups in total. The molecule has 0 aromatic carbocycles. The average molecular weight is 614 g/mol. The summed E-state index contributed by atoms with van der Waals surface area (Å²) in [6, 6.07) is 0.315. The normalized spacial score (nSPS) is 24.2. The minimum Gasteiger partial charge on any atom is -0.349 e. The molecule has 3 saturated carbocycles. The van der Waals surface area contributed by atoms with Crippen LogP contribution < -0.4 is 10.6 Å². The van der Waals surface area contributed by atoms with Crippen molar-refractivity contribution in [2.45, 2.75) is 88.1 Å². The number of carbonyl (C=O) groups excluding carboxylic acids is 2. The fourth-order valence-electron chi connectivity index (χ4n) is 6.01. The molecule has 0 spiro atoms.